The molecule has 2 rings (SSSR count). The second-order valence-corrected chi connectivity index (χ2v) is 6.55. The standard InChI is InChI=1S/C17H24ClNO2/c1-4-15(13-8-6-5-7-9-13)16(20)19-11-14(10-18)21-17(2,3)12-19/h5-9,14-15H,4,10-12H2,1-3H3. The predicted molar refractivity (Wildman–Crippen MR) is 85.7 cm³/mol. The van der Waals surface area contributed by atoms with Crippen LogP contribution in [0.4, 0.5) is 0 Å². The lowest BCUT2D eigenvalue weighted by atomic mass is 9.93. The Bertz CT molecular complexity index is 475. The van der Waals surface area contributed by atoms with E-state index in [4.69, 9.17) is 16.3 Å². The van der Waals surface area contributed by atoms with Crippen LogP contribution in [0.5, 0.6) is 0 Å². The molecule has 0 spiro atoms. The third kappa shape index (κ3) is 3.98. The van der Waals surface area contributed by atoms with E-state index in [0.717, 1.165) is 12.0 Å². The third-order valence-electron chi connectivity index (χ3n) is 3.87. The van der Waals surface area contributed by atoms with Gasteiger partial charge in [-0.05, 0) is 25.8 Å². The van der Waals surface area contributed by atoms with E-state index in [2.05, 4.69) is 6.92 Å². The van der Waals surface area contributed by atoms with Crippen molar-refractivity contribution in [2.45, 2.75) is 44.8 Å². The lowest BCUT2D eigenvalue weighted by molar-refractivity contribution is -0.158. The van der Waals surface area contributed by atoms with E-state index < -0.39 is 0 Å². The summed E-state index contributed by atoms with van der Waals surface area (Å²) in [5.74, 6) is 0.501. The fraction of sp³-hybridized carbons (Fsp3) is 0.588. The smallest absolute Gasteiger partial charge is 0.230 e. The van der Waals surface area contributed by atoms with Crippen molar-refractivity contribution in [1.82, 2.24) is 4.90 Å². The van der Waals surface area contributed by atoms with Gasteiger partial charge in [0, 0.05) is 13.1 Å². The molecular weight excluding hydrogens is 286 g/mol. The van der Waals surface area contributed by atoms with Crippen LogP contribution in [-0.4, -0.2) is 41.5 Å². The van der Waals surface area contributed by atoms with Crippen molar-refractivity contribution in [1.29, 1.82) is 0 Å². The first-order chi connectivity index (χ1) is 9.96. The van der Waals surface area contributed by atoms with Crippen molar-refractivity contribution in [3.8, 4) is 0 Å². The topological polar surface area (TPSA) is 29.5 Å². The number of halogens is 1. The third-order valence-corrected chi connectivity index (χ3v) is 4.22. The van der Waals surface area contributed by atoms with Crippen LogP contribution in [0.3, 0.4) is 0 Å². The SMILES string of the molecule is CCC(C(=O)N1CC(CCl)OC(C)(C)C1)c1ccccc1. The van der Waals surface area contributed by atoms with Gasteiger partial charge in [0.25, 0.3) is 0 Å². The van der Waals surface area contributed by atoms with Crippen molar-refractivity contribution in [3.63, 3.8) is 0 Å². The summed E-state index contributed by atoms with van der Waals surface area (Å²) in [4.78, 5) is 14.8. The Morgan fingerprint density at radius 1 is 1.43 bits per heavy atom. The molecular formula is C17H24ClNO2. The molecule has 1 aliphatic rings. The van der Waals surface area contributed by atoms with Gasteiger partial charge in [0.2, 0.25) is 5.91 Å². The molecule has 0 bridgehead atoms. The van der Waals surface area contributed by atoms with Crippen LogP contribution in [0, 0.1) is 0 Å². The van der Waals surface area contributed by atoms with E-state index >= 15 is 0 Å². The number of amides is 1. The molecule has 1 amide bonds. The molecule has 0 radical (unpaired) electrons. The van der Waals surface area contributed by atoms with Crippen molar-refractivity contribution in [3.05, 3.63) is 35.9 Å². The summed E-state index contributed by atoms with van der Waals surface area (Å²) in [5, 5.41) is 0. The van der Waals surface area contributed by atoms with Crippen LogP contribution in [0.2, 0.25) is 0 Å². The molecule has 1 aromatic carbocycles. The van der Waals surface area contributed by atoms with Gasteiger partial charge < -0.3 is 9.64 Å². The molecule has 2 atom stereocenters. The molecule has 3 nitrogen and oxygen atoms in total. The van der Waals surface area contributed by atoms with Crippen molar-refractivity contribution < 1.29 is 9.53 Å². The Hall–Kier alpha value is -1.06. The Morgan fingerprint density at radius 2 is 2.10 bits per heavy atom. The first kappa shape index (κ1) is 16.3. The first-order valence-corrected chi connectivity index (χ1v) is 8.08. The van der Waals surface area contributed by atoms with Crippen molar-refractivity contribution in [2.24, 2.45) is 0 Å². The number of carbonyl (C=O) groups excluding carboxylic acids is 1. The van der Waals surface area contributed by atoms with Crippen molar-refractivity contribution in [2.75, 3.05) is 19.0 Å². The highest BCUT2D eigenvalue weighted by Crippen LogP contribution is 2.27. The normalized spacial score (nSPS) is 22.9. The molecule has 0 aliphatic carbocycles. The maximum absolute atomic E-state index is 12.9. The second-order valence-electron chi connectivity index (χ2n) is 6.24. The number of nitrogens with zero attached hydrogens (tertiary/aromatic N) is 1. The maximum atomic E-state index is 12.9. The summed E-state index contributed by atoms with van der Waals surface area (Å²) in [6.45, 7) is 7.27. The van der Waals surface area contributed by atoms with Gasteiger partial charge in [-0.3, -0.25) is 4.79 Å². The van der Waals surface area contributed by atoms with Gasteiger partial charge in [0.05, 0.1) is 23.5 Å². The number of ether oxygens (including phenoxy) is 1. The molecule has 1 heterocycles. The van der Waals surface area contributed by atoms with E-state index in [-0.39, 0.29) is 23.5 Å². The molecule has 0 aromatic heterocycles. The second kappa shape index (κ2) is 6.80. The molecule has 2 unspecified atom stereocenters. The van der Waals surface area contributed by atoms with E-state index in [1.807, 2.05) is 49.1 Å². The fourth-order valence-electron chi connectivity index (χ4n) is 3.00. The zero-order valence-corrected chi connectivity index (χ0v) is 13.8. The highest BCUT2D eigenvalue weighted by molar-refractivity contribution is 6.18. The molecule has 1 aromatic rings. The average Bonchev–Trinajstić information content (AvgIpc) is 2.47. The summed E-state index contributed by atoms with van der Waals surface area (Å²) >= 11 is 5.95. The van der Waals surface area contributed by atoms with E-state index in [0.29, 0.717) is 19.0 Å². The zero-order valence-electron chi connectivity index (χ0n) is 13.0. The number of hydrogen-bond acceptors (Lipinski definition) is 2. The minimum absolute atomic E-state index is 0.0870. The zero-order chi connectivity index (χ0) is 15.5. The van der Waals surface area contributed by atoms with Gasteiger partial charge in [-0.25, -0.2) is 0 Å². The van der Waals surface area contributed by atoms with Gasteiger partial charge >= 0.3 is 0 Å². The Morgan fingerprint density at radius 3 is 2.67 bits per heavy atom. The maximum Gasteiger partial charge on any atom is 0.230 e. The van der Waals surface area contributed by atoms with Crippen LogP contribution in [-0.2, 0) is 9.53 Å². The van der Waals surface area contributed by atoms with Gasteiger partial charge in [0.1, 0.15) is 0 Å². The molecule has 1 saturated heterocycles. The summed E-state index contributed by atoms with van der Waals surface area (Å²) < 4.78 is 5.90. The van der Waals surface area contributed by atoms with Gasteiger partial charge in [0.15, 0.2) is 0 Å². The number of carbonyl (C=O) groups is 1. The van der Waals surface area contributed by atoms with Gasteiger partial charge in [-0.15, -0.1) is 11.6 Å². The van der Waals surface area contributed by atoms with Gasteiger partial charge in [-0.2, -0.15) is 0 Å². The number of hydrogen-bond donors (Lipinski definition) is 0. The Balaban J connectivity index is 2.17. The van der Waals surface area contributed by atoms with Crippen LogP contribution in [0.1, 0.15) is 38.7 Å². The first-order valence-electron chi connectivity index (χ1n) is 7.54. The summed E-state index contributed by atoms with van der Waals surface area (Å²) in [6, 6.07) is 9.99. The van der Waals surface area contributed by atoms with E-state index in [1.54, 1.807) is 0 Å². The largest absolute Gasteiger partial charge is 0.367 e. The number of rotatable bonds is 4. The molecule has 1 fully saturated rings. The highest BCUT2D eigenvalue weighted by atomic mass is 35.5. The Kier molecular flexibility index (Phi) is 5.28. The molecule has 4 heteroatoms. The lowest BCUT2D eigenvalue weighted by Crippen LogP contribution is -2.56. The molecule has 0 saturated carbocycles. The molecule has 116 valence electrons. The van der Waals surface area contributed by atoms with Crippen molar-refractivity contribution >= 4 is 17.5 Å². The fourth-order valence-corrected chi connectivity index (χ4v) is 3.16. The number of morpholine rings is 1. The molecule has 0 N–H and O–H groups in total. The van der Waals surface area contributed by atoms with Crippen LogP contribution in [0.25, 0.3) is 0 Å². The number of alkyl halides is 1. The lowest BCUT2D eigenvalue weighted by Gasteiger charge is -2.43. The average molecular weight is 310 g/mol. The summed E-state index contributed by atoms with van der Waals surface area (Å²) in [7, 11) is 0. The van der Waals surface area contributed by atoms with Gasteiger partial charge in [-0.1, -0.05) is 37.3 Å². The predicted octanol–water partition coefficient (Wildman–Crippen LogP) is 3.43. The summed E-state index contributed by atoms with van der Waals surface area (Å²) in [6.07, 6.45) is 0.708. The quantitative estimate of drug-likeness (QED) is 0.798. The van der Waals surface area contributed by atoms with Crippen LogP contribution >= 0.6 is 11.6 Å². The Labute approximate surface area is 132 Å². The monoisotopic (exact) mass is 309 g/mol. The van der Waals surface area contributed by atoms with E-state index in [9.17, 15) is 4.79 Å². The minimum Gasteiger partial charge on any atom is -0.367 e. The minimum atomic E-state index is -0.345. The van der Waals surface area contributed by atoms with Crippen LogP contribution < -0.4 is 0 Å². The molecule has 1 aliphatic heterocycles. The van der Waals surface area contributed by atoms with E-state index in [1.165, 1.54) is 0 Å². The molecule has 21 heavy (non-hydrogen) atoms. The van der Waals surface area contributed by atoms with Crippen LogP contribution in [0.15, 0.2) is 30.3 Å². The number of benzene rings is 1. The highest BCUT2D eigenvalue weighted by Gasteiger charge is 2.37. The summed E-state index contributed by atoms with van der Waals surface area (Å²) in [5.41, 5.74) is 0.736.